The fourth-order valence-corrected chi connectivity index (χ4v) is 1.95. The number of halogens is 1. The van der Waals surface area contributed by atoms with Gasteiger partial charge in [-0.05, 0) is 26.5 Å². The lowest BCUT2D eigenvalue weighted by Gasteiger charge is -2.17. The summed E-state index contributed by atoms with van der Waals surface area (Å²) in [6.07, 6.45) is 0. The average Bonchev–Trinajstić information content (AvgIpc) is 2.82. The minimum atomic E-state index is -0.339. The summed E-state index contributed by atoms with van der Waals surface area (Å²) in [4.78, 5) is 4.05. The molecule has 20 heavy (non-hydrogen) atoms. The Balaban J connectivity index is 2.14. The van der Waals surface area contributed by atoms with Crippen molar-refractivity contribution in [1.29, 1.82) is 0 Å². The van der Waals surface area contributed by atoms with E-state index in [2.05, 4.69) is 15.5 Å². The molecular formula is C14H18FN3O2. The molecule has 0 aliphatic carbocycles. The summed E-state index contributed by atoms with van der Waals surface area (Å²) >= 11 is 0. The number of nitrogens with one attached hydrogen (secondary N) is 1. The van der Waals surface area contributed by atoms with E-state index in [1.165, 1.54) is 12.1 Å². The van der Waals surface area contributed by atoms with Crippen molar-refractivity contribution in [1.82, 2.24) is 15.5 Å². The van der Waals surface area contributed by atoms with Gasteiger partial charge in [0.2, 0.25) is 0 Å². The number of benzene rings is 1. The van der Waals surface area contributed by atoms with E-state index in [0.717, 1.165) is 12.1 Å². The van der Waals surface area contributed by atoms with Crippen molar-refractivity contribution in [3.05, 3.63) is 41.3 Å². The quantitative estimate of drug-likeness (QED) is 0.881. The van der Waals surface area contributed by atoms with Crippen molar-refractivity contribution in [3.8, 4) is 5.75 Å². The molecule has 108 valence electrons. The van der Waals surface area contributed by atoms with E-state index in [0.29, 0.717) is 17.5 Å². The lowest BCUT2D eigenvalue weighted by molar-refractivity contribution is 0.238. The maximum absolute atomic E-state index is 13.4. The van der Waals surface area contributed by atoms with Crippen LogP contribution in [0.3, 0.4) is 0 Å². The summed E-state index contributed by atoms with van der Waals surface area (Å²) in [5, 5.41) is 6.95. The number of nitrogens with zero attached hydrogens (tertiary/aromatic N) is 2. The minimum Gasteiger partial charge on any atom is -0.483 e. The molecule has 1 unspecified atom stereocenters. The van der Waals surface area contributed by atoms with E-state index >= 15 is 0 Å². The number of hydrogen-bond acceptors (Lipinski definition) is 5. The van der Waals surface area contributed by atoms with E-state index in [-0.39, 0.29) is 18.5 Å². The van der Waals surface area contributed by atoms with Crippen molar-refractivity contribution >= 4 is 0 Å². The second-order valence-electron chi connectivity index (χ2n) is 4.49. The van der Waals surface area contributed by atoms with Crippen LogP contribution in [-0.4, -0.2) is 16.7 Å². The Morgan fingerprint density at radius 2 is 2.25 bits per heavy atom. The SMILES string of the molecule is CCNC(C)c1ccc(F)cc1OCc1nc(C)no1. The summed E-state index contributed by atoms with van der Waals surface area (Å²) in [6.45, 7) is 6.69. The van der Waals surface area contributed by atoms with Crippen molar-refractivity contribution in [2.75, 3.05) is 6.54 Å². The van der Waals surface area contributed by atoms with Gasteiger partial charge < -0.3 is 14.6 Å². The van der Waals surface area contributed by atoms with Crippen LogP contribution in [0.5, 0.6) is 5.75 Å². The first-order chi connectivity index (χ1) is 9.60. The van der Waals surface area contributed by atoms with Crippen LogP contribution in [0, 0.1) is 12.7 Å². The number of hydrogen-bond donors (Lipinski definition) is 1. The summed E-state index contributed by atoms with van der Waals surface area (Å²) < 4.78 is 24.0. The van der Waals surface area contributed by atoms with E-state index in [9.17, 15) is 4.39 Å². The molecule has 1 atom stereocenters. The van der Waals surface area contributed by atoms with E-state index in [1.54, 1.807) is 13.0 Å². The van der Waals surface area contributed by atoms with Crippen molar-refractivity contribution in [2.45, 2.75) is 33.4 Å². The topological polar surface area (TPSA) is 60.2 Å². The molecule has 1 aromatic heterocycles. The third kappa shape index (κ3) is 3.54. The van der Waals surface area contributed by atoms with Crippen LogP contribution >= 0.6 is 0 Å². The molecule has 0 fully saturated rings. The normalized spacial score (nSPS) is 12.4. The fraction of sp³-hybridized carbons (Fsp3) is 0.429. The van der Waals surface area contributed by atoms with Gasteiger partial charge in [0.25, 0.3) is 5.89 Å². The summed E-state index contributed by atoms with van der Waals surface area (Å²) in [6, 6.07) is 4.58. The van der Waals surface area contributed by atoms with Crippen LogP contribution in [0.4, 0.5) is 4.39 Å². The smallest absolute Gasteiger partial charge is 0.264 e. The van der Waals surface area contributed by atoms with E-state index < -0.39 is 0 Å². The largest absolute Gasteiger partial charge is 0.483 e. The van der Waals surface area contributed by atoms with Gasteiger partial charge in [-0.2, -0.15) is 4.98 Å². The van der Waals surface area contributed by atoms with Gasteiger partial charge in [-0.1, -0.05) is 18.1 Å². The predicted molar refractivity (Wildman–Crippen MR) is 71.9 cm³/mol. The summed E-state index contributed by atoms with van der Waals surface area (Å²) in [5.74, 6) is 1.06. The van der Waals surface area contributed by atoms with Crippen LogP contribution in [-0.2, 0) is 6.61 Å². The number of aromatic nitrogens is 2. The molecule has 0 saturated carbocycles. The zero-order chi connectivity index (χ0) is 14.5. The molecular weight excluding hydrogens is 261 g/mol. The molecule has 1 N–H and O–H groups in total. The minimum absolute atomic E-state index is 0.0695. The Kier molecular flexibility index (Phi) is 4.68. The lowest BCUT2D eigenvalue weighted by atomic mass is 10.1. The first-order valence-corrected chi connectivity index (χ1v) is 6.55. The summed E-state index contributed by atoms with van der Waals surface area (Å²) in [5.41, 5.74) is 0.893. The standard InChI is InChI=1S/C14H18FN3O2/c1-4-16-9(2)12-6-5-11(15)7-13(12)19-8-14-17-10(3)18-20-14/h5-7,9,16H,4,8H2,1-3H3. The van der Waals surface area contributed by atoms with Crippen LogP contribution < -0.4 is 10.1 Å². The van der Waals surface area contributed by atoms with E-state index in [1.807, 2.05) is 13.8 Å². The molecule has 0 radical (unpaired) electrons. The second-order valence-corrected chi connectivity index (χ2v) is 4.49. The van der Waals surface area contributed by atoms with E-state index in [4.69, 9.17) is 9.26 Å². The molecule has 1 heterocycles. The van der Waals surface area contributed by atoms with Crippen LogP contribution in [0.1, 0.15) is 37.2 Å². The highest BCUT2D eigenvalue weighted by molar-refractivity contribution is 5.36. The molecule has 0 saturated heterocycles. The molecule has 0 bridgehead atoms. The van der Waals surface area contributed by atoms with Crippen molar-refractivity contribution in [2.24, 2.45) is 0 Å². The zero-order valence-corrected chi connectivity index (χ0v) is 11.8. The maximum atomic E-state index is 13.4. The van der Waals surface area contributed by atoms with Gasteiger partial charge in [0.1, 0.15) is 11.6 Å². The lowest BCUT2D eigenvalue weighted by Crippen LogP contribution is -2.18. The molecule has 5 nitrogen and oxygen atoms in total. The van der Waals surface area contributed by atoms with Crippen molar-refractivity contribution < 1.29 is 13.7 Å². The molecule has 0 amide bonds. The Morgan fingerprint density at radius 1 is 1.45 bits per heavy atom. The van der Waals surface area contributed by atoms with Crippen LogP contribution in [0.15, 0.2) is 22.7 Å². The molecule has 0 spiro atoms. The maximum Gasteiger partial charge on any atom is 0.264 e. The Hall–Kier alpha value is -1.95. The molecule has 0 aliphatic rings. The van der Waals surface area contributed by atoms with Gasteiger partial charge in [-0.15, -0.1) is 0 Å². The third-order valence-corrected chi connectivity index (χ3v) is 2.87. The average molecular weight is 279 g/mol. The first-order valence-electron chi connectivity index (χ1n) is 6.55. The Morgan fingerprint density at radius 3 is 2.90 bits per heavy atom. The van der Waals surface area contributed by atoms with Gasteiger partial charge in [-0.25, -0.2) is 4.39 Å². The number of aryl methyl sites for hydroxylation is 1. The number of rotatable bonds is 6. The van der Waals surface area contributed by atoms with Gasteiger partial charge in [0, 0.05) is 17.7 Å². The monoisotopic (exact) mass is 279 g/mol. The Labute approximate surface area is 117 Å². The van der Waals surface area contributed by atoms with Gasteiger partial charge >= 0.3 is 0 Å². The summed E-state index contributed by atoms with van der Waals surface area (Å²) in [7, 11) is 0. The highest BCUT2D eigenvalue weighted by atomic mass is 19.1. The van der Waals surface area contributed by atoms with Gasteiger partial charge in [0.15, 0.2) is 12.4 Å². The predicted octanol–water partition coefficient (Wildman–Crippen LogP) is 2.77. The Bertz CT molecular complexity index is 571. The number of ether oxygens (including phenoxy) is 1. The molecule has 2 aromatic rings. The molecule has 6 heteroatoms. The highest BCUT2D eigenvalue weighted by Crippen LogP contribution is 2.26. The molecule has 0 aliphatic heterocycles. The van der Waals surface area contributed by atoms with Gasteiger partial charge in [-0.3, -0.25) is 0 Å². The fourth-order valence-electron chi connectivity index (χ4n) is 1.95. The first kappa shape index (κ1) is 14.5. The van der Waals surface area contributed by atoms with Gasteiger partial charge in [0.05, 0.1) is 0 Å². The van der Waals surface area contributed by atoms with Crippen LogP contribution in [0.25, 0.3) is 0 Å². The van der Waals surface area contributed by atoms with Crippen LogP contribution in [0.2, 0.25) is 0 Å². The second kappa shape index (κ2) is 6.47. The van der Waals surface area contributed by atoms with Crippen molar-refractivity contribution in [3.63, 3.8) is 0 Å². The zero-order valence-electron chi connectivity index (χ0n) is 11.8. The molecule has 2 rings (SSSR count). The highest BCUT2D eigenvalue weighted by Gasteiger charge is 2.13. The molecule has 1 aromatic carbocycles. The third-order valence-electron chi connectivity index (χ3n) is 2.87.